The van der Waals surface area contributed by atoms with E-state index in [0.29, 0.717) is 19.8 Å². The number of nitrogens with zero attached hydrogens (tertiary/aromatic N) is 1. The van der Waals surface area contributed by atoms with Crippen LogP contribution < -0.4 is 0 Å². The highest BCUT2D eigenvalue weighted by Crippen LogP contribution is 2.19. The monoisotopic (exact) mass is 299 g/mol. The van der Waals surface area contributed by atoms with Crippen molar-refractivity contribution in [2.75, 3.05) is 26.9 Å². The summed E-state index contributed by atoms with van der Waals surface area (Å²) in [7, 11) is 1.63. The number of aliphatic hydroxyl groups is 2. The summed E-state index contributed by atoms with van der Waals surface area (Å²) < 4.78 is 16.1. The number of hydrogen-bond acceptors (Lipinski definition) is 6. The lowest BCUT2D eigenvalue weighted by molar-refractivity contribution is -0.134. The molecule has 2 heterocycles. The van der Waals surface area contributed by atoms with Crippen molar-refractivity contribution >= 4 is 0 Å². The molecule has 1 aromatic rings. The first kappa shape index (κ1) is 16.5. The van der Waals surface area contributed by atoms with E-state index in [2.05, 4.69) is 11.8 Å². The summed E-state index contributed by atoms with van der Waals surface area (Å²) in [5.41, 5.74) is 0. The lowest BCUT2D eigenvalue weighted by atomic mass is 10.0. The normalized spacial score (nSPS) is 26.4. The summed E-state index contributed by atoms with van der Waals surface area (Å²) in [6, 6.07) is 3.60. The number of hydrogen-bond donors (Lipinski definition) is 2. The third-order valence-corrected chi connectivity index (χ3v) is 3.71. The summed E-state index contributed by atoms with van der Waals surface area (Å²) in [5, 5.41) is 19.9. The van der Waals surface area contributed by atoms with Gasteiger partial charge in [-0.15, -0.1) is 0 Å². The van der Waals surface area contributed by atoms with Crippen molar-refractivity contribution in [3.63, 3.8) is 0 Å². The van der Waals surface area contributed by atoms with Gasteiger partial charge in [-0.2, -0.15) is 0 Å². The molecule has 1 fully saturated rings. The lowest BCUT2D eigenvalue weighted by Crippen LogP contribution is -2.55. The van der Waals surface area contributed by atoms with Crippen LogP contribution in [0.5, 0.6) is 0 Å². The molecule has 2 N–H and O–H groups in total. The topological polar surface area (TPSA) is 75.3 Å². The minimum Gasteiger partial charge on any atom is -0.462 e. The zero-order valence-electron chi connectivity index (χ0n) is 12.7. The Hall–Kier alpha value is -0.920. The van der Waals surface area contributed by atoms with E-state index >= 15 is 0 Å². The Labute approximate surface area is 125 Å². The molecule has 0 amide bonds. The highest BCUT2D eigenvalue weighted by Gasteiger charge is 2.35. The van der Waals surface area contributed by atoms with E-state index in [1.54, 1.807) is 7.11 Å². The molecule has 0 unspecified atom stereocenters. The SMILES string of the molecule is CCCN(Cc1ccc(COC)o1)[C@@H]1COC[C@@H](O)[C@H]1O. The molecule has 0 radical (unpaired) electrons. The van der Waals surface area contributed by atoms with Crippen molar-refractivity contribution < 1.29 is 24.1 Å². The predicted octanol–water partition coefficient (Wildman–Crippen LogP) is 0.759. The van der Waals surface area contributed by atoms with Crippen LogP contribution in [0.25, 0.3) is 0 Å². The van der Waals surface area contributed by atoms with Crippen LogP contribution in [-0.2, 0) is 22.6 Å². The largest absolute Gasteiger partial charge is 0.462 e. The van der Waals surface area contributed by atoms with Gasteiger partial charge >= 0.3 is 0 Å². The first-order valence-corrected chi connectivity index (χ1v) is 7.40. The Kier molecular flexibility index (Phi) is 6.20. The third-order valence-electron chi connectivity index (χ3n) is 3.71. The smallest absolute Gasteiger partial charge is 0.129 e. The van der Waals surface area contributed by atoms with Crippen LogP contribution in [0.2, 0.25) is 0 Å². The Bertz CT molecular complexity index is 422. The molecule has 1 saturated heterocycles. The zero-order valence-corrected chi connectivity index (χ0v) is 12.7. The maximum Gasteiger partial charge on any atom is 0.129 e. The van der Waals surface area contributed by atoms with Crippen LogP contribution in [0.15, 0.2) is 16.5 Å². The molecule has 3 atom stereocenters. The van der Waals surface area contributed by atoms with Crippen molar-refractivity contribution in [2.24, 2.45) is 0 Å². The molecule has 0 spiro atoms. The van der Waals surface area contributed by atoms with Gasteiger partial charge in [0.15, 0.2) is 0 Å². The number of furan rings is 1. The number of methoxy groups -OCH3 is 1. The molecule has 0 aromatic carbocycles. The first-order valence-electron chi connectivity index (χ1n) is 7.40. The van der Waals surface area contributed by atoms with Gasteiger partial charge in [0.2, 0.25) is 0 Å². The van der Waals surface area contributed by atoms with E-state index in [4.69, 9.17) is 13.9 Å². The van der Waals surface area contributed by atoms with E-state index in [-0.39, 0.29) is 12.6 Å². The quantitative estimate of drug-likeness (QED) is 0.774. The third kappa shape index (κ3) is 4.28. The Balaban J connectivity index is 2.03. The molecule has 1 aromatic heterocycles. The second kappa shape index (κ2) is 7.91. The van der Waals surface area contributed by atoms with E-state index in [1.807, 2.05) is 12.1 Å². The first-order chi connectivity index (χ1) is 10.2. The van der Waals surface area contributed by atoms with Gasteiger partial charge in [0.25, 0.3) is 0 Å². The molecule has 120 valence electrons. The number of rotatable bonds is 7. The van der Waals surface area contributed by atoms with Gasteiger partial charge < -0.3 is 24.1 Å². The van der Waals surface area contributed by atoms with Crippen LogP contribution in [0, 0.1) is 0 Å². The highest BCUT2D eigenvalue weighted by molar-refractivity contribution is 5.07. The average molecular weight is 299 g/mol. The van der Waals surface area contributed by atoms with Gasteiger partial charge in [-0.1, -0.05) is 6.92 Å². The Morgan fingerprint density at radius 3 is 2.76 bits per heavy atom. The summed E-state index contributed by atoms with van der Waals surface area (Å²) in [4.78, 5) is 2.10. The van der Waals surface area contributed by atoms with Crippen LogP contribution in [0.3, 0.4) is 0 Å². The van der Waals surface area contributed by atoms with Crippen LogP contribution in [0.4, 0.5) is 0 Å². The number of ether oxygens (including phenoxy) is 2. The van der Waals surface area contributed by atoms with Gasteiger partial charge in [0, 0.05) is 7.11 Å². The second-order valence-electron chi connectivity index (χ2n) is 5.43. The van der Waals surface area contributed by atoms with Crippen molar-refractivity contribution in [2.45, 2.75) is 44.7 Å². The van der Waals surface area contributed by atoms with Crippen molar-refractivity contribution in [1.82, 2.24) is 4.90 Å². The summed E-state index contributed by atoms with van der Waals surface area (Å²) in [5.74, 6) is 1.60. The molecular formula is C15H25NO5. The Morgan fingerprint density at radius 2 is 2.05 bits per heavy atom. The summed E-state index contributed by atoms with van der Waals surface area (Å²) in [6.07, 6.45) is -0.673. The fourth-order valence-corrected chi connectivity index (χ4v) is 2.66. The molecular weight excluding hydrogens is 274 g/mol. The predicted molar refractivity (Wildman–Crippen MR) is 76.7 cm³/mol. The minimum absolute atomic E-state index is 0.191. The van der Waals surface area contributed by atoms with E-state index in [1.165, 1.54) is 0 Å². The molecule has 0 bridgehead atoms. The van der Waals surface area contributed by atoms with Crippen molar-refractivity contribution in [3.8, 4) is 0 Å². The molecule has 6 heteroatoms. The summed E-state index contributed by atoms with van der Waals surface area (Å²) >= 11 is 0. The highest BCUT2D eigenvalue weighted by atomic mass is 16.5. The maximum atomic E-state index is 10.2. The molecule has 21 heavy (non-hydrogen) atoms. The standard InChI is InChI=1S/C15H25NO5/c1-3-6-16(13-9-20-10-14(17)15(13)18)7-11-4-5-12(21-11)8-19-2/h4-5,13-15,17-18H,3,6-10H2,1-2H3/t13-,14-,15+/m1/s1. The second-order valence-corrected chi connectivity index (χ2v) is 5.43. The molecule has 0 saturated carbocycles. The van der Waals surface area contributed by atoms with Crippen LogP contribution in [0.1, 0.15) is 24.9 Å². The minimum atomic E-state index is -0.830. The molecule has 2 rings (SSSR count). The van der Waals surface area contributed by atoms with Crippen LogP contribution in [-0.4, -0.2) is 60.2 Å². The summed E-state index contributed by atoms with van der Waals surface area (Å²) in [6.45, 7) is 4.52. The number of aliphatic hydroxyl groups excluding tert-OH is 2. The molecule has 6 nitrogen and oxygen atoms in total. The van der Waals surface area contributed by atoms with Crippen molar-refractivity contribution in [3.05, 3.63) is 23.7 Å². The van der Waals surface area contributed by atoms with Crippen LogP contribution >= 0.6 is 0 Å². The van der Waals surface area contributed by atoms with Gasteiger partial charge in [0.1, 0.15) is 24.2 Å². The average Bonchev–Trinajstić information content (AvgIpc) is 2.89. The lowest BCUT2D eigenvalue weighted by Gasteiger charge is -2.39. The molecule has 0 aliphatic carbocycles. The fraction of sp³-hybridized carbons (Fsp3) is 0.733. The zero-order chi connectivity index (χ0) is 15.2. The molecule has 1 aliphatic rings. The van der Waals surface area contributed by atoms with Gasteiger partial charge in [-0.25, -0.2) is 0 Å². The van der Waals surface area contributed by atoms with E-state index in [9.17, 15) is 10.2 Å². The molecule has 1 aliphatic heterocycles. The van der Waals surface area contributed by atoms with Gasteiger partial charge in [-0.05, 0) is 25.1 Å². The maximum absolute atomic E-state index is 10.2. The van der Waals surface area contributed by atoms with E-state index in [0.717, 1.165) is 24.5 Å². The van der Waals surface area contributed by atoms with E-state index < -0.39 is 12.2 Å². The van der Waals surface area contributed by atoms with Crippen molar-refractivity contribution in [1.29, 1.82) is 0 Å². The Morgan fingerprint density at radius 1 is 1.29 bits per heavy atom. The fourth-order valence-electron chi connectivity index (χ4n) is 2.66. The van der Waals surface area contributed by atoms with Gasteiger partial charge in [-0.3, -0.25) is 4.90 Å². The van der Waals surface area contributed by atoms with Gasteiger partial charge in [0.05, 0.1) is 31.9 Å².